The number of nitrogens with one attached hydrogen (secondary N) is 1. The predicted octanol–water partition coefficient (Wildman–Crippen LogP) is 4.83. The quantitative estimate of drug-likeness (QED) is 0.567. The molecule has 0 radical (unpaired) electrons. The Kier molecular flexibility index (Phi) is 3.36. The molecule has 0 saturated carbocycles. The van der Waals surface area contributed by atoms with Gasteiger partial charge in [0.2, 0.25) is 0 Å². The number of rotatable bonds is 2. The molecule has 4 rings (SSSR count). The zero-order chi connectivity index (χ0) is 16.0. The summed E-state index contributed by atoms with van der Waals surface area (Å²) >= 11 is 3.02. The first-order valence-corrected chi connectivity index (χ1v) is 8.66. The number of halogens is 1. The van der Waals surface area contributed by atoms with E-state index in [1.807, 2.05) is 24.4 Å². The zero-order valence-electron chi connectivity index (χ0n) is 12.1. The van der Waals surface area contributed by atoms with E-state index in [0.717, 1.165) is 20.9 Å². The van der Waals surface area contributed by atoms with E-state index < -0.39 is 0 Å². The highest BCUT2D eigenvalue weighted by atomic mass is 32.1. The Balaban J connectivity index is 1.98. The molecule has 1 N–H and O–H groups in total. The van der Waals surface area contributed by atoms with Gasteiger partial charge in [-0.1, -0.05) is 18.2 Å². The van der Waals surface area contributed by atoms with Crippen molar-refractivity contribution in [3.05, 3.63) is 62.8 Å². The molecule has 23 heavy (non-hydrogen) atoms. The van der Waals surface area contributed by atoms with Crippen molar-refractivity contribution >= 4 is 32.9 Å². The Bertz CT molecular complexity index is 1050. The van der Waals surface area contributed by atoms with Crippen LogP contribution in [0.1, 0.15) is 4.88 Å². The second-order valence-electron chi connectivity index (χ2n) is 5.11. The lowest BCUT2D eigenvalue weighted by Crippen LogP contribution is -2.08. The summed E-state index contributed by atoms with van der Waals surface area (Å²) in [6.45, 7) is 1.95. The van der Waals surface area contributed by atoms with Crippen LogP contribution in [0, 0.1) is 12.7 Å². The summed E-state index contributed by atoms with van der Waals surface area (Å²) in [6.07, 6.45) is 0. The van der Waals surface area contributed by atoms with E-state index in [1.165, 1.54) is 34.8 Å². The molecule has 0 bridgehead atoms. The van der Waals surface area contributed by atoms with Crippen LogP contribution in [0.25, 0.3) is 32.0 Å². The summed E-state index contributed by atoms with van der Waals surface area (Å²) in [5.74, 6) is 0.294. The van der Waals surface area contributed by atoms with E-state index in [9.17, 15) is 9.18 Å². The fraction of sp³-hybridized carbons (Fsp3) is 0.0588. The first-order valence-electron chi connectivity index (χ1n) is 6.97. The second kappa shape index (κ2) is 5.40. The number of nitrogens with zero attached hydrogens (tertiary/aromatic N) is 1. The molecule has 3 aromatic heterocycles. The molecule has 0 saturated heterocycles. The minimum Gasteiger partial charge on any atom is -0.305 e. The van der Waals surface area contributed by atoms with Crippen LogP contribution < -0.4 is 5.56 Å². The van der Waals surface area contributed by atoms with Gasteiger partial charge in [-0.15, -0.1) is 22.7 Å². The molecular formula is C17H11FN2OS2. The Labute approximate surface area is 139 Å². The third-order valence-electron chi connectivity index (χ3n) is 3.63. The van der Waals surface area contributed by atoms with E-state index in [0.29, 0.717) is 16.0 Å². The largest absolute Gasteiger partial charge is 0.305 e. The monoisotopic (exact) mass is 342 g/mol. The van der Waals surface area contributed by atoms with Crippen LogP contribution in [0.15, 0.2) is 46.6 Å². The van der Waals surface area contributed by atoms with Gasteiger partial charge in [-0.25, -0.2) is 9.37 Å². The highest BCUT2D eigenvalue weighted by molar-refractivity contribution is 7.19. The third-order valence-corrected chi connectivity index (χ3v) is 5.50. The fourth-order valence-electron chi connectivity index (χ4n) is 2.61. The Morgan fingerprint density at radius 3 is 2.65 bits per heavy atom. The zero-order valence-corrected chi connectivity index (χ0v) is 13.7. The van der Waals surface area contributed by atoms with Crippen molar-refractivity contribution in [1.82, 2.24) is 9.97 Å². The fourth-order valence-corrected chi connectivity index (χ4v) is 4.33. The highest BCUT2D eigenvalue weighted by Crippen LogP contribution is 2.36. The smallest absolute Gasteiger partial charge is 0.260 e. The molecule has 0 aliphatic rings. The SMILES string of the molecule is Cc1sc2nc(-c3cccs3)[nH]c(=O)c2c1-c1ccc(F)cc1. The van der Waals surface area contributed by atoms with Crippen LogP contribution in [-0.4, -0.2) is 9.97 Å². The van der Waals surface area contributed by atoms with Crippen molar-refractivity contribution in [3.8, 4) is 21.8 Å². The van der Waals surface area contributed by atoms with Gasteiger partial charge in [0.25, 0.3) is 5.56 Å². The normalized spacial score (nSPS) is 11.2. The number of hydrogen-bond acceptors (Lipinski definition) is 4. The maximum atomic E-state index is 13.2. The number of aromatic amines is 1. The number of benzene rings is 1. The minimum absolute atomic E-state index is 0.165. The number of H-pyrrole nitrogens is 1. The standard InChI is InChI=1S/C17H11FN2OS2/c1-9-13(10-4-6-11(18)7-5-10)14-16(21)19-15(20-17(14)23-9)12-3-2-8-22-12/h2-8H,1H3,(H,19,20,21). The van der Waals surface area contributed by atoms with Gasteiger partial charge >= 0.3 is 0 Å². The lowest BCUT2D eigenvalue weighted by molar-refractivity contribution is 0.628. The van der Waals surface area contributed by atoms with Gasteiger partial charge < -0.3 is 4.98 Å². The van der Waals surface area contributed by atoms with E-state index >= 15 is 0 Å². The molecule has 0 atom stereocenters. The molecule has 0 amide bonds. The number of fused-ring (bicyclic) bond motifs is 1. The summed E-state index contributed by atoms with van der Waals surface area (Å²) in [6, 6.07) is 10.0. The number of aromatic nitrogens is 2. The summed E-state index contributed by atoms with van der Waals surface area (Å²) in [5.41, 5.74) is 1.49. The molecule has 0 fully saturated rings. The molecule has 0 unspecified atom stereocenters. The van der Waals surface area contributed by atoms with Crippen LogP contribution >= 0.6 is 22.7 Å². The summed E-state index contributed by atoms with van der Waals surface area (Å²) in [4.78, 5) is 22.7. The third kappa shape index (κ3) is 2.40. The lowest BCUT2D eigenvalue weighted by atomic mass is 10.0. The Hall–Kier alpha value is -2.31. The molecule has 4 aromatic rings. The van der Waals surface area contributed by atoms with Crippen LogP contribution in [-0.2, 0) is 0 Å². The first kappa shape index (κ1) is 14.3. The van der Waals surface area contributed by atoms with Crippen molar-refractivity contribution in [3.63, 3.8) is 0 Å². The van der Waals surface area contributed by atoms with Crippen molar-refractivity contribution < 1.29 is 4.39 Å². The first-order chi connectivity index (χ1) is 11.1. The van der Waals surface area contributed by atoms with E-state index in [-0.39, 0.29) is 11.4 Å². The van der Waals surface area contributed by atoms with Gasteiger partial charge in [0.05, 0.1) is 10.3 Å². The van der Waals surface area contributed by atoms with Gasteiger partial charge in [-0.2, -0.15) is 0 Å². The maximum Gasteiger partial charge on any atom is 0.260 e. The number of aryl methyl sites for hydroxylation is 1. The van der Waals surface area contributed by atoms with Crippen molar-refractivity contribution in [2.75, 3.05) is 0 Å². The predicted molar refractivity (Wildman–Crippen MR) is 93.7 cm³/mol. The lowest BCUT2D eigenvalue weighted by Gasteiger charge is -2.02. The summed E-state index contributed by atoms with van der Waals surface area (Å²) < 4.78 is 13.2. The molecule has 0 spiro atoms. The summed E-state index contributed by atoms with van der Waals surface area (Å²) in [5, 5.41) is 2.52. The topological polar surface area (TPSA) is 45.8 Å². The van der Waals surface area contributed by atoms with Crippen molar-refractivity contribution in [1.29, 1.82) is 0 Å². The Morgan fingerprint density at radius 2 is 1.96 bits per heavy atom. The van der Waals surface area contributed by atoms with Crippen molar-refractivity contribution in [2.45, 2.75) is 6.92 Å². The molecule has 0 aliphatic carbocycles. The average molecular weight is 342 g/mol. The maximum absolute atomic E-state index is 13.2. The van der Waals surface area contributed by atoms with Crippen molar-refractivity contribution in [2.24, 2.45) is 0 Å². The van der Waals surface area contributed by atoms with Crippen LogP contribution in [0.4, 0.5) is 4.39 Å². The molecule has 3 heterocycles. The number of thiophene rings is 2. The average Bonchev–Trinajstić information content (AvgIpc) is 3.15. The second-order valence-corrected chi connectivity index (χ2v) is 7.26. The molecule has 1 aromatic carbocycles. The highest BCUT2D eigenvalue weighted by Gasteiger charge is 2.17. The van der Waals surface area contributed by atoms with Gasteiger partial charge in [-0.3, -0.25) is 4.79 Å². The number of hydrogen-bond donors (Lipinski definition) is 1. The molecular weight excluding hydrogens is 331 g/mol. The van der Waals surface area contributed by atoms with Gasteiger partial charge in [0.15, 0.2) is 5.82 Å². The minimum atomic E-state index is -0.294. The van der Waals surface area contributed by atoms with Gasteiger partial charge in [0, 0.05) is 10.4 Å². The molecule has 114 valence electrons. The molecule has 6 heteroatoms. The molecule has 0 aliphatic heterocycles. The Morgan fingerprint density at radius 1 is 1.17 bits per heavy atom. The van der Waals surface area contributed by atoms with E-state index in [2.05, 4.69) is 9.97 Å². The van der Waals surface area contributed by atoms with Gasteiger partial charge in [-0.05, 0) is 36.1 Å². The summed E-state index contributed by atoms with van der Waals surface area (Å²) in [7, 11) is 0. The molecule has 3 nitrogen and oxygen atoms in total. The van der Waals surface area contributed by atoms with Crippen LogP contribution in [0.2, 0.25) is 0 Å². The van der Waals surface area contributed by atoms with Crippen LogP contribution in [0.5, 0.6) is 0 Å². The van der Waals surface area contributed by atoms with Gasteiger partial charge in [0.1, 0.15) is 10.6 Å². The van der Waals surface area contributed by atoms with Crippen LogP contribution in [0.3, 0.4) is 0 Å². The van der Waals surface area contributed by atoms with E-state index in [4.69, 9.17) is 0 Å². The van der Waals surface area contributed by atoms with E-state index in [1.54, 1.807) is 12.1 Å².